The number of hydrogen-bond acceptors (Lipinski definition) is 4. The van der Waals surface area contributed by atoms with Crippen molar-refractivity contribution in [3.8, 4) is 16.9 Å². The zero-order valence-electron chi connectivity index (χ0n) is 18.7. The van der Waals surface area contributed by atoms with E-state index in [1.807, 2.05) is 24.3 Å². The SMILES string of the molecule is COc1ccc(F)cc1-c1cccc(CC2(C(=O)NCC3CCOCC3)CCOCC2)c1. The monoisotopic (exact) mass is 441 g/mol. The van der Waals surface area contributed by atoms with E-state index in [0.29, 0.717) is 56.3 Å². The van der Waals surface area contributed by atoms with Crippen molar-refractivity contribution in [2.75, 3.05) is 40.1 Å². The summed E-state index contributed by atoms with van der Waals surface area (Å²) in [6.45, 7) is 3.42. The summed E-state index contributed by atoms with van der Waals surface area (Å²) >= 11 is 0. The Labute approximate surface area is 189 Å². The number of halogens is 1. The lowest BCUT2D eigenvalue weighted by molar-refractivity contribution is -0.137. The van der Waals surface area contributed by atoms with Gasteiger partial charge in [-0.1, -0.05) is 24.3 Å². The van der Waals surface area contributed by atoms with E-state index < -0.39 is 5.41 Å². The van der Waals surface area contributed by atoms with Crippen molar-refractivity contribution in [3.05, 3.63) is 53.8 Å². The number of carbonyl (C=O) groups is 1. The number of nitrogens with one attached hydrogen (secondary N) is 1. The number of amides is 1. The first-order valence-electron chi connectivity index (χ1n) is 11.5. The molecule has 0 aromatic heterocycles. The molecule has 32 heavy (non-hydrogen) atoms. The van der Waals surface area contributed by atoms with Gasteiger partial charge >= 0.3 is 0 Å². The molecule has 4 rings (SSSR count). The van der Waals surface area contributed by atoms with Gasteiger partial charge in [0.15, 0.2) is 0 Å². The van der Waals surface area contributed by atoms with Crippen molar-refractivity contribution in [1.82, 2.24) is 5.32 Å². The fourth-order valence-electron chi connectivity index (χ4n) is 4.77. The Balaban J connectivity index is 1.53. The van der Waals surface area contributed by atoms with Crippen LogP contribution in [0, 0.1) is 17.2 Å². The van der Waals surface area contributed by atoms with Gasteiger partial charge in [-0.25, -0.2) is 4.39 Å². The number of methoxy groups -OCH3 is 1. The van der Waals surface area contributed by atoms with Crippen LogP contribution in [0.4, 0.5) is 4.39 Å². The molecule has 2 aliphatic heterocycles. The van der Waals surface area contributed by atoms with Gasteiger partial charge < -0.3 is 19.5 Å². The molecule has 0 saturated carbocycles. The Bertz CT molecular complexity index is 920. The lowest BCUT2D eigenvalue weighted by atomic mass is 9.74. The third kappa shape index (κ3) is 5.30. The summed E-state index contributed by atoms with van der Waals surface area (Å²) in [5.41, 5.74) is 2.15. The zero-order chi connectivity index (χ0) is 22.4. The highest BCUT2D eigenvalue weighted by Gasteiger charge is 2.40. The van der Waals surface area contributed by atoms with Crippen molar-refractivity contribution in [2.45, 2.75) is 32.1 Å². The smallest absolute Gasteiger partial charge is 0.226 e. The van der Waals surface area contributed by atoms with Crippen LogP contribution in [0.3, 0.4) is 0 Å². The van der Waals surface area contributed by atoms with E-state index in [9.17, 15) is 9.18 Å². The summed E-state index contributed by atoms with van der Waals surface area (Å²) in [4.78, 5) is 13.4. The molecule has 172 valence electrons. The van der Waals surface area contributed by atoms with Gasteiger partial charge in [0.1, 0.15) is 11.6 Å². The maximum absolute atomic E-state index is 13.9. The third-order valence-electron chi connectivity index (χ3n) is 6.77. The molecule has 0 atom stereocenters. The molecular weight excluding hydrogens is 409 g/mol. The van der Waals surface area contributed by atoms with E-state index in [1.165, 1.54) is 12.1 Å². The van der Waals surface area contributed by atoms with Crippen LogP contribution in [0.1, 0.15) is 31.2 Å². The second-order valence-corrected chi connectivity index (χ2v) is 8.88. The first kappa shape index (κ1) is 22.7. The predicted octanol–water partition coefficient (Wildman–Crippen LogP) is 4.38. The minimum absolute atomic E-state index is 0.112. The molecule has 2 aliphatic rings. The molecule has 5 nitrogen and oxygen atoms in total. The van der Waals surface area contributed by atoms with Gasteiger partial charge in [-0.15, -0.1) is 0 Å². The number of rotatable bonds is 7. The molecule has 1 N–H and O–H groups in total. The molecule has 2 saturated heterocycles. The molecule has 0 spiro atoms. The van der Waals surface area contributed by atoms with Crippen LogP contribution in [-0.4, -0.2) is 46.0 Å². The van der Waals surface area contributed by atoms with Gasteiger partial charge in [-0.05, 0) is 67.3 Å². The Morgan fingerprint density at radius 3 is 2.59 bits per heavy atom. The van der Waals surface area contributed by atoms with E-state index in [4.69, 9.17) is 14.2 Å². The first-order valence-corrected chi connectivity index (χ1v) is 11.5. The predicted molar refractivity (Wildman–Crippen MR) is 121 cm³/mol. The second-order valence-electron chi connectivity index (χ2n) is 8.88. The molecule has 0 unspecified atom stereocenters. The highest BCUT2D eigenvalue weighted by Crippen LogP contribution is 2.37. The normalized spacial score (nSPS) is 18.8. The van der Waals surface area contributed by atoms with Gasteiger partial charge in [0.05, 0.1) is 12.5 Å². The molecule has 0 aliphatic carbocycles. The molecular formula is C26H32FNO4. The van der Waals surface area contributed by atoms with Crippen molar-refractivity contribution in [3.63, 3.8) is 0 Å². The van der Waals surface area contributed by atoms with Crippen molar-refractivity contribution in [1.29, 1.82) is 0 Å². The Morgan fingerprint density at radius 1 is 1.09 bits per heavy atom. The van der Waals surface area contributed by atoms with Gasteiger partial charge in [0.2, 0.25) is 5.91 Å². The summed E-state index contributed by atoms with van der Waals surface area (Å²) in [6, 6.07) is 12.5. The average Bonchev–Trinajstić information content (AvgIpc) is 2.84. The minimum atomic E-state index is -0.492. The van der Waals surface area contributed by atoms with E-state index in [2.05, 4.69) is 5.32 Å². The molecule has 0 bridgehead atoms. The fraction of sp³-hybridized carbons (Fsp3) is 0.500. The number of ether oxygens (including phenoxy) is 3. The lowest BCUT2D eigenvalue weighted by Crippen LogP contribution is -2.47. The van der Waals surface area contributed by atoms with Crippen LogP contribution in [-0.2, 0) is 20.7 Å². The molecule has 2 heterocycles. The molecule has 0 radical (unpaired) electrons. The van der Waals surface area contributed by atoms with Crippen LogP contribution in [0.25, 0.3) is 11.1 Å². The van der Waals surface area contributed by atoms with Crippen LogP contribution in [0.2, 0.25) is 0 Å². The van der Waals surface area contributed by atoms with Gasteiger partial charge in [-0.2, -0.15) is 0 Å². The van der Waals surface area contributed by atoms with Gasteiger partial charge in [-0.3, -0.25) is 4.79 Å². The molecule has 2 fully saturated rings. The van der Waals surface area contributed by atoms with Crippen molar-refractivity contribution >= 4 is 5.91 Å². The Kier molecular flexibility index (Phi) is 7.43. The molecule has 1 amide bonds. The molecule has 6 heteroatoms. The standard InChI is InChI=1S/C26H32FNO4/c1-30-24-6-5-22(27)16-23(24)21-4-2-3-20(15-21)17-26(9-13-32-14-10-26)25(29)28-18-19-7-11-31-12-8-19/h2-6,15-16,19H,7-14,17-18H2,1H3,(H,28,29). The Hall–Kier alpha value is -2.44. The summed E-state index contributed by atoms with van der Waals surface area (Å²) in [7, 11) is 1.58. The zero-order valence-corrected chi connectivity index (χ0v) is 18.7. The van der Waals surface area contributed by atoms with Gasteiger partial charge in [0.25, 0.3) is 0 Å². The highest BCUT2D eigenvalue weighted by atomic mass is 19.1. The van der Waals surface area contributed by atoms with E-state index in [1.54, 1.807) is 13.2 Å². The third-order valence-corrected chi connectivity index (χ3v) is 6.77. The summed E-state index contributed by atoms with van der Waals surface area (Å²) in [5, 5.41) is 3.24. The fourth-order valence-corrected chi connectivity index (χ4v) is 4.77. The molecule has 2 aromatic carbocycles. The summed E-state index contributed by atoms with van der Waals surface area (Å²) in [6.07, 6.45) is 4.00. The van der Waals surface area contributed by atoms with Crippen LogP contribution in [0.5, 0.6) is 5.75 Å². The van der Waals surface area contributed by atoms with Crippen molar-refractivity contribution in [2.24, 2.45) is 11.3 Å². The number of benzene rings is 2. The second kappa shape index (κ2) is 10.5. The maximum Gasteiger partial charge on any atom is 0.226 e. The topological polar surface area (TPSA) is 56.8 Å². The van der Waals surface area contributed by atoms with Crippen molar-refractivity contribution < 1.29 is 23.4 Å². The van der Waals surface area contributed by atoms with Crippen LogP contribution < -0.4 is 10.1 Å². The average molecular weight is 442 g/mol. The molecule has 2 aromatic rings. The number of carbonyl (C=O) groups excluding carboxylic acids is 1. The van der Waals surface area contributed by atoms with Gasteiger partial charge in [0, 0.05) is 38.5 Å². The summed E-state index contributed by atoms with van der Waals surface area (Å²) in [5.74, 6) is 0.910. The first-order chi connectivity index (χ1) is 15.6. The largest absolute Gasteiger partial charge is 0.496 e. The van der Waals surface area contributed by atoms with E-state index in [0.717, 1.165) is 37.2 Å². The van der Waals surface area contributed by atoms with E-state index in [-0.39, 0.29) is 11.7 Å². The van der Waals surface area contributed by atoms with Crippen LogP contribution >= 0.6 is 0 Å². The highest BCUT2D eigenvalue weighted by molar-refractivity contribution is 5.83. The maximum atomic E-state index is 13.9. The quantitative estimate of drug-likeness (QED) is 0.693. The van der Waals surface area contributed by atoms with E-state index >= 15 is 0 Å². The summed E-state index contributed by atoms with van der Waals surface area (Å²) < 4.78 is 30.4. The Morgan fingerprint density at radius 2 is 1.84 bits per heavy atom. The van der Waals surface area contributed by atoms with Crippen LogP contribution in [0.15, 0.2) is 42.5 Å². The minimum Gasteiger partial charge on any atom is -0.496 e. The number of hydrogen-bond donors (Lipinski definition) is 1. The lowest BCUT2D eigenvalue weighted by Gasteiger charge is -2.36.